The Bertz CT molecular complexity index is 397. The van der Waals surface area contributed by atoms with E-state index in [1.807, 2.05) is 6.07 Å². The Morgan fingerprint density at radius 2 is 2.21 bits per heavy atom. The lowest BCUT2D eigenvalue weighted by atomic mass is 10.2. The van der Waals surface area contributed by atoms with Gasteiger partial charge in [0.25, 0.3) is 0 Å². The van der Waals surface area contributed by atoms with Crippen LogP contribution in [0.5, 0.6) is 0 Å². The molecule has 5 nitrogen and oxygen atoms in total. The molecule has 1 aromatic rings. The molecule has 0 radical (unpaired) electrons. The molecule has 1 unspecified atom stereocenters. The molecule has 1 heterocycles. The SMILES string of the molecule is NC(=O)OCCNC1CCN(Cc2ccccc2)C1. The van der Waals surface area contributed by atoms with Crippen LogP contribution in [0.1, 0.15) is 12.0 Å². The number of rotatable bonds is 6. The molecule has 1 atom stereocenters. The van der Waals surface area contributed by atoms with Crippen molar-refractivity contribution in [1.82, 2.24) is 10.2 Å². The summed E-state index contributed by atoms with van der Waals surface area (Å²) in [4.78, 5) is 12.8. The van der Waals surface area contributed by atoms with Crippen LogP contribution < -0.4 is 11.1 Å². The van der Waals surface area contributed by atoms with Crippen LogP contribution >= 0.6 is 0 Å². The van der Waals surface area contributed by atoms with Gasteiger partial charge in [-0.05, 0) is 12.0 Å². The predicted molar refractivity (Wildman–Crippen MR) is 73.7 cm³/mol. The monoisotopic (exact) mass is 263 g/mol. The van der Waals surface area contributed by atoms with Crippen molar-refractivity contribution >= 4 is 6.09 Å². The summed E-state index contributed by atoms with van der Waals surface area (Å²) in [5, 5.41) is 3.38. The fourth-order valence-corrected chi connectivity index (χ4v) is 2.40. The van der Waals surface area contributed by atoms with Crippen molar-refractivity contribution in [2.24, 2.45) is 5.73 Å². The average Bonchev–Trinajstić information content (AvgIpc) is 2.83. The molecule has 0 aromatic heterocycles. The number of nitrogens with one attached hydrogen (secondary N) is 1. The average molecular weight is 263 g/mol. The minimum Gasteiger partial charge on any atom is -0.448 e. The maximum absolute atomic E-state index is 10.4. The molecule has 2 rings (SSSR count). The van der Waals surface area contributed by atoms with Gasteiger partial charge in [-0.1, -0.05) is 30.3 Å². The number of primary amides is 1. The van der Waals surface area contributed by atoms with Crippen LogP contribution in [0.4, 0.5) is 4.79 Å². The Hall–Kier alpha value is -1.59. The second kappa shape index (κ2) is 7.11. The maximum atomic E-state index is 10.4. The van der Waals surface area contributed by atoms with Gasteiger partial charge < -0.3 is 15.8 Å². The zero-order valence-corrected chi connectivity index (χ0v) is 11.0. The predicted octanol–water partition coefficient (Wildman–Crippen LogP) is 0.946. The lowest BCUT2D eigenvalue weighted by Gasteiger charge is -2.16. The number of hydrogen-bond donors (Lipinski definition) is 2. The number of nitrogens with two attached hydrogens (primary N) is 1. The summed E-state index contributed by atoms with van der Waals surface area (Å²) >= 11 is 0. The number of benzene rings is 1. The van der Waals surface area contributed by atoms with Crippen LogP contribution in [0.25, 0.3) is 0 Å². The zero-order valence-electron chi connectivity index (χ0n) is 11.0. The summed E-state index contributed by atoms with van der Waals surface area (Å²) in [6.07, 6.45) is 0.419. The number of hydrogen-bond acceptors (Lipinski definition) is 4. The molecule has 1 fully saturated rings. The lowest BCUT2D eigenvalue weighted by Crippen LogP contribution is -2.35. The number of likely N-dealkylation sites (tertiary alicyclic amines) is 1. The van der Waals surface area contributed by atoms with Crippen LogP contribution in [0, 0.1) is 0 Å². The van der Waals surface area contributed by atoms with E-state index in [2.05, 4.69) is 39.2 Å². The smallest absolute Gasteiger partial charge is 0.404 e. The van der Waals surface area contributed by atoms with Gasteiger partial charge in [0.2, 0.25) is 0 Å². The van der Waals surface area contributed by atoms with Gasteiger partial charge in [0.15, 0.2) is 0 Å². The van der Waals surface area contributed by atoms with Gasteiger partial charge in [-0.3, -0.25) is 4.90 Å². The molecule has 104 valence electrons. The van der Waals surface area contributed by atoms with E-state index in [-0.39, 0.29) is 0 Å². The lowest BCUT2D eigenvalue weighted by molar-refractivity contribution is 0.156. The topological polar surface area (TPSA) is 67.6 Å². The first-order chi connectivity index (χ1) is 9.24. The number of carbonyl (C=O) groups excluding carboxylic acids is 1. The normalized spacial score (nSPS) is 19.5. The highest BCUT2D eigenvalue weighted by atomic mass is 16.5. The molecule has 0 bridgehead atoms. The first kappa shape index (κ1) is 13.8. The Balaban J connectivity index is 1.64. The van der Waals surface area contributed by atoms with Gasteiger partial charge in [-0.15, -0.1) is 0 Å². The second-order valence-electron chi connectivity index (χ2n) is 4.83. The Morgan fingerprint density at radius 3 is 2.95 bits per heavy atom. The first-order valence-corrected chi connectivity index (χ1v) is 6.66. The van der Waals surface area contributed by atoms with Crippen molar-refractivity contribution in [3.05, 3.63) is 35.9 Å². The van der Waals surface area contributed by atoms with Crippen molar-refractivity contribution in [3.63, 3.8) is 0 Å². The Morgan fingerprint density at radius 1 is 1.42 bits per heavy atom. The molecular formula is C14H21N3O2. The number of ether oxygens (including phenoxy) is 1. The molecule has 0 spiro atoms. The number of carbonyl (C=O) groups is 1. The highest BCUT2D eigenvalue weighted by Crippen LogP contribution is 2.13. The number of amides is 1. The molecule has 0 saturated carbocycles. The van der Waals surface area contributed by atoms with Crippen molar-refractivity contribution in [3.8, 4) is 0 Å². The van der Waals surface area contributed by atoms with Crippen LogP contribution in [0.3, 0.4) is 0 Å². The van der Waals surface area contributed by atoms with E-state index in [0.717, 1.165) is 26.1 Å². The third-order valence-electron chi connectivity index (χ3n) is 3.30. The quantitative estimate of drug-likeness (QED) is 0.750. The highest BCUT2D eigenvalue weighted by molar-refractivity contribution is 5.64. The van der Waals surface area contributed by atoms with Crippen LogP contribution in [-0.4, -0.2) is 43.3 Å². The van der Waals surface area contributed by atoms with Crippen LogP contribution in [-0.2, 0) is 11.3 Å². The summed E-state index contributed by atoms with van der Waals surface area (Å²) in [5.74, 6) is 0. The summed E-state index contributed by atoms with van der Waals surface area (Å²) in [7, 11) is 0. The first-order valence-electron chi connectivity index (χ1n) is 6.66. The summed E-state index contributed by atoms with van der Waals surface area (Å²) in [5.41, 5.74) is 6.24. The van der Waals surface area contributed by atoms with Gasteiger partial charge in [-0.25, -0.2) is 4.79 Å². The van der Waals surface area contributed by atoms with E-state index in [1.54, 1.807) is 0 Å². The fraction of sp³-hybridized carbons (Fsp3) is 0.500. The van der Waals surface area contributed by atoms with Crippen molar-refractivity contribution in [1.29, 1.82) is 0 Å². The van der Waals surface area contributed by atoms with E-state index in [9.17, 15) is 4.79 Å². The molecule has 0 aliphatic carbocycles. The largest absolute Gasteiger partial charge is 0.448 e. The van der Waals surface area contributed by atoms with Crippen molar-refractivity contribution in [2.75, 3.05) is 26.2 Å². The van der Waals surface area contributed by atoms with Crippen LogP contribution in [0.2, 0.25) is 0 Å². The third-order valence-corrected chi connectivity index (χ3v) is 3.30. The summed E-state index contributed by atoms with van der Waals surface area (Å²) in [6, 6.07) is 11.0. The van der Waals surface area contributed by atoms with Gasteiger partial charge >= 0.3 is 6.09 Å². The molecule has 5 heteroatoms. The number of nitrogens with zero attached hydrogens (tertiary/aromatic N) is 1. The standard InChI is InChI=1S/C14H21N3O2/c15-14(18)19-9-7-16-13-6-8-17(11-13)10-12-4-2-1-3-5-12/h1-5,13,16H,6-11H2,(H2,15,18). The van der Waals surface area contributed by atoms with E-state index >= 15 is 0 Å². The molecule has 1 amide bonds. The molecule has 3 N–H and O–H groups in total. The van der Waals surface area contributed by atoms with Gasteiger partial charge in [0, 0.05) is 32.2 Å². The molecule has 1 aliphatic rings. The second-order valence-corrected chi connectivity index (χ2v) is 4.83. The molecule has 1 aromatic carbocycles. The van der Waals surface area contributed by atoms with Gasteiger partial charge in [-0.2, -0.15) is 0 Å². The van der Waals surface area contributed by atoms with E-state index in [4.69, 9.17) is 5.73 Å². The van der Waals surface area contributed by atoms with Gasteiger partial charge in [0.1, 0.15) is 6.61 Å². The highest BCUT2D eigenvalue weighted by Gasteiger charge is 2.21. The third kappa shape index (κ3) is 4.89. The van der Waals surface area contributed by atoms with Crippen molar-refractivity contribution in [2.45, 2.75) is 19.0 Å². The molecule has 1 saturated heterocycles. The summed E-state index contributed by atoms with van der Waals surface area (Å²) < 4.78 is 4.69. The van der Waals surface area contributed by atoms with E-state index in [0.29, 0.717) is 19.2 Å². The molecule has 1 aliphatic heterocycles. The minimum absolute atomic E-state index is 0.338. The summed E-state index contributed by atoms with van der Waals surface area (Å²) in [6.45, 7) is 4.13. The Labute approximate surface area is 113 Å². The van der Waals surface area contributed by atoms with Crippen molar-refractivity contribution < 1.29 is 9.53 Å². The molecular weight excluding hydrogens is 242 g/mol. The van der Waals surface area contributed by atoms with E-state index < -0.39 is 6.09 Å². The van der Waals surface area contributed by atoms with E-state index in [1.165, 1.54) is 5.56 Å². The Kier molecular flexibility index (Phi) is 5.18. The molecule has 19 heavy (non-hydrogen) atoms. The van der Waals surface area contributed by atoms with Crippen LogP contribution in [0.15, 0.2) is 30.3 Å². The maximum Gasteiger partial charge on any atom is 0.404 e. The zero-order chi connectivity index (χ0) is 13.5. The minimum atomic E-state index is -0.709. The van der Waals surface area contributed by atoms with Gasteiger partial charge in [0.05, 0.1) is 0 Å². The fourth-order valence-electron chi connectivity index (χ4n) is 2.40.